The number of hydrogen-bond donors (Lipinski definition) is 0. The maximum Gasteiger partial charge on any atom is 0.408 e. The smallest absolute Gasteiger partial charge is 0.198 e. The van der Waals surface area contributed by atoms with Crippen molar-refractivity contribution < 1.29 is 39.5 Å². The summed E-state index contributed by atoms with van der Waals surface area (Å²) in [6.45, 7) is 0. The van der Waals surface area contributed by atoms with Gasteiger partial charge in [-0.2, -0.15) is 39.5 Å². The van der Waals surface area contributed by atoms with Crippen LogP contribution < -0.4 is 0 Å². The summed E-state index contributed by atoms with van der Waals surface area (Å²) >= 11 is 0. The summed E-state index contributed by atoms with van der Waals surface area (Å²) in [7, 11) is 0. The zero-order chi connectivity index (χ0) is 20.5. The number of allylic oxidation sites excluding steroid dienone is 1. The molecule has 0 aliphatic rings. The molecule has 0 atom stereocenters. The van der Waals surface area contributed by atoms with Gasteiger partial charge in [0.15, 0.2) is 5.41 Å². The minimum atomic E-state index is -5.98. The van der Waals surface area contributed by atoms with Gasteiger partial charge in [0.1, 0.15) is 0 Å². The van der Waals surface area contributed by atoms with Crippen LogP contribution in [-0.4, -0.2) is 18.0 Å². The van der Waals surface area contributed by atoms with E-state index in [1.165, 1.54) is 12.1 Å². The lowest BCUT2D eigenvalue weighted by molar-refractivity contribution is -0.296. The molecular formula is C18H11F9. The lowest BCUT2D eigenvalue weighted by Crippen LogP contribution is -2.63. The quantitative estimate of drug-likeness (QED) is 0.499. The van der Waals surface area contributed by atoms with Crippen molar-refractivity contribution in [1.82, 2.24) is 0 Å². The van der Waals surface area contributed by atoms with Crippen molar-refractivity contribution in [2.24, 2.45) is 0 Å². The molecule has 0 unspecified atom stereocenters. The molecular weight excluding hydrogens is 387 g/mol. The van der Waals surface area contributed by atoms with Crippen LogP contribution in [0.4, 0.5) is 39.5 Å². The summed E-state index contributed by atoms with van der Waals surface area (Å²) in [5, 5.41) is 0. The molecule has 27 heavy (non-hydrogen) atoms. The van der Waals surface area contributed by atoms with Crippen LogP contribution >= 0.6 is 0 Å². The van der Waals surface area contributed by atoms with Crippen molar-refractivity contribution in [1.29, 1.82) is 0 Å². The molecule has 9 heteroatoms. The van der Waals surface area contributed by atoms with Gasteiger partial charge in [0, 0.05) is 0 Å². The Balaban J connectivity index is 2.99. The maximum atomic E-state index is 14.9. The Morgan fingerprint density at radius 3 is 1.30 bits per heavy atom. The normalized spacial score (nSPS) is 13.4. The molecule has 0 saturated carbocycles. The average Bonchev–Trinajstić information content (AvgIpc) is 2.54. The van der Waals surface area contributed by atoms with Crippen LogP contribution in [0.2, 0.25) is 0 Å². The highest BCUT2D eigenvalue weighted by Crippen LogP contribution is 2.60. The van der Waals surface area contributed by atoms with E-state index in [-0.39, 0.29) is 0 Å². The summed E-state index contributed by atoms with van der Waals surface area (Å²) in [5.74, 6) is -11.8. The summed E-state index contributed by atoms with van der Waals surface area (Å²) in [5.41, 5.74) is -6.99. The van der Waals surface area contributed by atoms with Gasteiger partial charge in [0.2, 0.25) is 0 Å². The monoisotopic (exact) mass is 398 g/mol. The predicted octanol–water partition coefficient (Wildman–Crippen LogP) is 6.59. The molecule has 0 fully saturated rings. The summed E-state index contributed by atoms with van der Waals surface area (Å²) in [6, 6.07) is 8.62. The Bertz CT molecular complexity index is 749. The van der Waals surface area contributed by atoms with Crippen LogP contribution in [-0.2, 0) is 5.41 Å². The molecule has 0 spiro atoms. The zero-order valence-electron chi connectivity index (χ0n) is 13.3. The predicted molar refractivity (Wildman–Crippen MR) is 79.9 cm³/mol. The first-order chi connectivity index (χ1) is 12.4. The molecule has 0 amide bonds. The SMILES string of the molecule is FC(F)=CC(F)(F)C(F)(F)C(c1ccccc1)(c1ccccc1)C(F)(F)F. The van der Waals surface area contributed by atoms with Crippen LogP contribution in [0, 0.1) is 0 Å². The van der Waals surface area contributed by atoms with E-state index in [9.17, 15) is 39.5 Å². The number of halogens is 9. The van der Waals surface area contributed by atoms with Crippen LogP contribution in [0.25, 0.3) is 0 Å². The minimum absolute atomic E-state index is 0.597. The number of hydrogen-bond acceptors (Lipinski definition) is 0. The summed E-state index contributed by atoms with van der Waals surface area (Å²) in [4.78, 5) is 0. The van der Waals surface area contributed by atoms with Crippen LogP contribution in [0.3, 0.4) is 0 Å². The first-order valence-electron chi connectivity index (χ1n) is 7.35. The van der Waals surface area contributed by atoms with Crippen molar-refractivity contribution in [3.05, 3.63) is 83.9 Å². The third kappa shape index (κ3) is 3.30. The lowest BCUT2D eigenvalue weighted by Gasteiger charge is -2.44. The molecule has 0 N–H and O–H groups in total. The molecule has 2 aromatic carbocycles. The van der Waals surface area contributed by atoms with Gasteiger partial charge in [0.25, 0.3) is 6.08 Å². The first kappa shape index (κ1) is 20.9. The van der Waals surface area contributed by atoms with Gasteiger partial charge in [-0.1, -0.05) is 60.7 Å². The van der Waals surface area contributed by atoms with Gasteiger partial charge in [-0.25, -0.2) is 0 Å². The van der Waals surface area contributed by atoms with Crippen molar-refractivity contribution >= 4 is 0 Å². The molecule has 2 aromatic rings. The Kier molecular flexibility index (Phi) is 5.36. The molecule has 0 radical (unpaired) electrons. The number of alkyl halides is 7. The Morgan fingerprint density at radius 1 is 0.630 bits per heavy atom. The fourth-order valence-corrected chi connectivity index (χ4v) is 2.89. The molecule has 0 saturated heterocycles. The summed E-state index contributed by atoms with van der Waals surface area (Å²) < 4.78 is 125. The van der Waals surface area contributed by atoms with Crippen LogP contribution in [0.15, 0.2) is 72.8 Å². The third-order valence-corrected chi connectivity index (χ3v) is 4.02. The van der Waals surface area contributed by atoms with E-state index in [2.05, 4.69) is 0 Å². The zero-order valence-corrected chi connectivity index (χ0v) is 13.3. The van der Waals surface area contributed by atoms with Crippen molar-refractivity contribution in [2.75, 3.05) is 0 Å². The van der Waals surface area contributed by atoms with E-state index in [0.717, 1.165) is 24.3 Å². The van der Waals surface area contributed by atoms with Crippen molar-refractivity contribution in [3.63, 3.8) is 0 Å². The maximum absolute atomic E-state index is 14.9. The van der Waals surface area contributed by atoms with E-state index in [0.29, 0.717) is 24.3 Å². The van der Waals surface area contributed by atoms with Crippen molar-refractivity contribution in [3.8, 4) is 0 Å². The first-order valence-corrected chi connectivity index (χ1v) is 7.35. The Morgan fingerprint density at radius 2 is 1.00 bits per heavy atom. The largest absolute Gasteiger partial charge is 0.408 e. The van der Waals surface area contributed by atoms with E-state index in [1.54, 1.807) is 0 Å². The second-order valence-corrected chi connectivity index (χ2v) is 5.61. The molecule has 0 heterocycles. The fraction of sp³-hybridized carbons (Fsp3) is 0.222. The van der Waals surface area contributed by atoms with E-state index in [1.807, 2.05) is 0 Å². The number of rotatable bonds is 5. The molecule has 0 aromatic heterocycles. The van der Waals surface area contributed by atoms with Gasteiger partial charge in [-0.3, -0.25) is 0 Å². The molecule has 0 nitrogen and oxygen atoms in total. The van der Waals surface area contributed by atoms with Gasteiger partial charge in [-0.05, 0) is 11.1 Å². The molecule has 146 valence electrons. The van der Waals surface area contributed by atoms with E-state index < -0.39 is 46.7 Å². The highest BCUT2D eigenvalue weighted by molar-refractivity contribution is 5.46. The van der Waals surface area contributed by atoms with Gasteiger partial charge >= 0.3 is 18.0 Å². The third-order valence-electron chi connectivity index (χ3n) is 4.02. The Hall–Kier alpha value is -2.45. The number of benzene rings is 2. The highest BCUT2D eigenvalue weighted by Gasteiger charge is 2.79. The molecule has 2 rings (SSSR count). The second kappa shape index (κ2) is 6.94. The lowest BCUT2D eigenvalue weighted by atomic mass is 9.67. The van der Waals surface area contributed by atoms with Gasteiger partial charge < -0.3 is 0 Å². The minimum Gasteiger partial charge on any atom is -0.198 e. The molecule has 0 bridgehead atoms. The fourth-order valence-electron chi connectivity index (χ4n) is 2.89. The highest BCUT2D eigenvalue weighted by atomic mass is 19.4. The summed E-state index contributed by atoms with van der Waals surface area (Å²) in [6.07, 6.45) is -10.6. The van der Waals surface area contributed by atoms with Crippen molar-refractivity contribution in [2.45, 2.75) is 23.4 Å². The van der Waals surface area contributed by atoms with Gasteiger partial charge in [-0.15, -0.1) is 0 Å². The van der Waals surface area contributed by atoms with Crippen LogP contribution in [0.5, 0.6) is 0 Å². The van der Waals surface area contributed by atoms with Crippen LogP contribution in [0.1, 0.15) is 11.1 Å². The van der Waals surface area contributed by atoms with E-state index in [4.69, 9.17) is 0 Å². The van der Waals surface area contributed by atoms with Gasteiger partial charge in [0.05, 0.1) is 6.08 Å². The molecule has 0 aliphatic heterocycles. The standard InChI is InChI=1S/C18H11F9/c19-14(20)11-15(21,22)17(23,24)16(18(25,26)27,12-7-3-1-4-8-12)13-9-5-2-6-10-13/h1-11H. The molecule has 0 aliphatic carbocycles. The van der Waals surface area contributed by atoms with E-state index >= 15 is 0 Å². The topological polar surface area (TPSA) is 0 Å². The average molecular weight is 398 g/mol. The second-order valence-electron chi connectivity index (χ2n) is 5.61. The Labute approximate surface area is 147 Å².